The van der Waals surface area contributed by atoms with Gasteiger partial charge in [0.2, 0.25) is 5.91 Å². The molecule has 0 bridgehead atoms. The topological polar surface area (TPSA) is 83.6 Å². The van der Waals surface area contributed by atoms with Crippen molar-refractivity contribution in [1.29, 1.82) is 0 Å². The number of carbonyl (C=O) groups is 2. The molecule has 14 heavy (non-hydrogen) atoms. The summed E-state index contributed by atoms with van der Waals surface area (Å²) >= 11 is 0. The number of rotatable bonds is 4. The van der Waals surface area contributed by atoms with Crippen LogP contribution in [0.3, 0.4) is 0 Å². The third-order valence-electron chi connectivity index (χ3n) is 2.57. The first-order valence-corrected chi connectivity index (χ1v) is 4.76. The van der Waals surface area contributed by atoms with E-state index in [2.05, 4.69) is 0 Å². The molecule has 0 aliphatic carbocycles. The van der Waals surface area contributed by atoms with E-state index in [1.165, 1.54) is 0 Å². The van der Waals surface area contributed by atoms with Crippen LogP contribution in [-0.2, 0) is 9.59 Å². The highest BCUT2D eigenvalue weighted by Crippen LogP contribution is 2.20. The van der Waals surface area contributed by atoms with Crippen LogP contribution in [0.25, 0.3) is 0 Å². The van der Waals surface area contributed by atoms with Crippen LogP contribution in [0, 0.1) is 5.92 Å². The zero-order valence-corrected chi connectivity index (χ0v) is 8.27. The van der Waals surface area contributed by atoms with Gasteiger partial charge in [-0.1, -0.05) is 0 Å². The molecule has 2 atom stereocenters. The van der Waals surface area contributed by atoms with E-state index >= 15 is 0 Å². The highest BCUT2D eigenvalue weighted by molar-refractivity contribution is 5.79. The van der Waals surface area contributed by atoms with Crippen molar-refractivity contribution in [1.82, 2.24) is 4.90 Å². The number of aliphatic carboxylic acids is 1. The molecule has 0 aromatic rings. The average molecular weight is 200 g/mol. The van der Waals surface area contributed by atoms with Crippen LogP contribution in [0.15, 0.2) is 0 Å². The molecular formula is C9H16N2O3. The van der Waals surface area contributed by atoms with Crippen molar-refractivity contribution in [2.45, 2.75) is 25.8 Å². The summed E-state index contributed by atoms with van der Waals surface area (Å²) in [6.45, 7) is 2.84. The third-order valence-corrected chi connectivity index (χ3v) is 2.57. The van der Waals surface area contributed by atoms with Crippen molar-refractivity contribution in [2.24, 2.45) is 11.7 Å². The number of carboxylic acids is 1. The van der Waals surface area contributed by atoms with Crippen molar-refractivity contribution in [3.8, 4) is 0 Å². The van der Waals surface area contributed by atoms with Gasteiger partial charge < -0.3 is 15.7 Å². The fourth-order valence-corrected chi connectivity index (χ4v) is 1.76. The van der Waals surface area contributed by atoms with Crippen LogP contribution in [0.5, 0.6) is 0 Å². The molecule has 0 aromatic heterocycles. The molecule has 1 aliphatic heterocycles. The molecule has 1 rings (SSSR count). The van der Waals surface area contributed by atoms with Gasteiger partial charge in [-0.15, -0.1) is 0 Å². The molecule has 1 amide bonds. The number of nitrogens with zero attached hydrogens (tertiary/aromatic N) is 1. The van der Waals surface area contributed by atoms with Crippen LogP contribution in [0.2, 0.25) is 0 Å². The van der Waals surface area contributed by atoms with Crippen LogP contribution >= 0.6 is 0 Å². The molecule has 0 radical (unpaired) electrons. The van der Waals surface area contributed by atoms with Crippen molar-refractivity contribution in [2.75, 3.05) is 13.1 Å². The number of hydrogen-bond acceptors (Lipinski definition) is 3. The number of carbonyl (C=O) groups excluding carboxylic acids is 1. The maximum absolute atomic E-state index is 11.4. The first-order valence-electron chi connectivity index (χ1n) is 4.76. The third kappa shape index (κ3) is 2.45. The van der Waals surface area contributed by atoms with Crippen LogP contribution < -0.4 is 5.73 Å². The summed E-state index contributed by atoms with van der Waals surface area (Å²) in [4.78, 5) is 23.5. The second kappa shape index (κ2) is 4.41. The lowest BCUT2D eigenvalue weighted by molar-refractivity contribution is -0.139. The minimum Gasteiger partial charge on any atom is -0.481 e. The fourth-order valence-electron chi connectivity index (χ4n) is 1.76. The van der Waals surface area contributed by atoms with Gasteiger partial charge in [0.25, 0.3) is 0 Å². The number of carboxylic acid groups (broad SMARTS) is 1. The van der Waals surface area contributed by atoms with Gasteiger partial charge in [0.1, 0.15) is 0 Å². The first kappa shape index (κ1) is 11.0. The molecular weight excluding hydrogens is 184 g/mol. The van der Waals surface area contributed by atoms with E-state index in [0.717, 1.165) is 0 Å². The van der Waals surface area contributed by atoms with Gasteiger partial charge in [0.05, 0.1) is 6.42 Å². The fraction of sp³-hybridized carbons (Fsp3) is 0.778. The van der Waals surface area contributed by atoms with Gasteiger partial charge in [0.15, 0.2) is 0 Å². The number of likely N-dealkylation sites (tertiary alicyclic amines) is 1. The summed E-state index contributed by atoms with van der Waals surface area (Å²) < 4.78 is 0. The normalized spacial score (nSPS) is 24.0. The van der Waals surface area contributed by atoms with Gasteiger partial charge in [-0.3, -0.25) is 9.59 Å². The van der Waals surface area contributed by atoms with Crippen molar-refractivity contribution >= 4 is 11.9 Å². The first-order chi connectivity index (χ1) is 6.54. The summed E-state index contributed by atoms with van der Waals surface area (Å²) in [5.74, 6) is -0.658. The molecule has 0 spiro atoms. The second-order valence-corrected chi connectivity index (χ2v) is 3.80. The van der Waals surface area contributed by atoms with Crippen molar-refractivity contribution in [3.05, 3.63) is 0 Å². The van der Waals surface area contributed by atoms with Gasteiger partial charge in [-0.05, 0) is 19.4 Å². The van der Waals surface area contributed by atoms with E-state index in [1.807, 2.05) is 0 Å². The Morgan fingerprint density at radius 2 is 2.43 bits per heavy atom. The molecule has 80 valence electrons. The quantitative estimate of drug-likeness (QED) is 0.650. The van der Waals surface area contributed by atoms with E-state index < -0.39 is 5.97 Å². The molecule has 3 N–H and O–H groups in total. The second-order valence-electron chi connectivity index (χ2n) is 3.80. The molecule has 1 fully saturated rings. The predicted octanol–water partition coefficient (Wildman–Crippen LogP) is -0.343. The Labute approximate surface area is 82.9 Å². The number of amides is 1. The summed E-state index contributed by atoms with van der Waals surface area (Å²) in [5, 5.41) is 8.59. The Balaban J connectivity index is 2.52. The molecule has 1 saturated heterocycles. The summed E-state index contributed by atoms with van der Waals surface area (Å²) in [7, 11) is 0. The van der Waals surface area contributed by atoms with Crippen LogP contribution in [0.4, 0.5) is 0 Å². The molecule has 5 nitrogen and oxygen atoms in total. The van der Waals surface area contributed by atoms with Crippen molar-refractivity contribution in [3.63, 3.8) is 0 Å². The largest absolute Gasteiger partial charge is 0.481 e. The van der Waals surface area contributed by atoms with E-state index in [0.29, 0.717) is 19.5 Å². The lowest BCUT2D eigenvalue weighted by atomic mass is 10.1. The molecule has 0 aromatic carbocycles. The SMILES string of the molecule is CC(CC(=O)O)N1CC(CN)CC1=O. The zero-order chi connectivity index (χ0) is 10.7. The minimum absolute atomic E-state index is 0.00301. The average Bonchev–Trinajstić information content (AvgIpc) is 2.45. The minimum atomic E-state index is -0.874. The maximum atomic E-state index is 11.4. The van der Waals surface area contributed by atoms with Crippen molar-refractivity contribution < 1.29 is 14.7 Å². The van der Waals surface area contributed by atoms with E-state index in [4.69, 9.17) is 10.8 Å². The standard InChI is InChI=1S/C9H16N2O3/c1-6(2-9(13)14)11-5-7(4-10)3-8(11)12/h6-7H,2-5,10H2,1H3,(H,13,14). The molecule has 0 saturated carbocycles. The Bertz CT molecular complexity index is 242. The predicted molar refractivity (Wildman–Crippen MR) is 50.6 cm³/mol. The smallest absolute Gasteiger partial charge is 0.305 e. The molecule has 1 heterocycles. The highest BCUT2D eigenvalue weighted by Gasteiger charge is 2.32. The Morgan fingerprint density at radius 3 is 2.86 bits per heavy atom. The van der Waals surface area contributed by atoms with E-state index in [9.17, 15) is 9.59 Å². The Morgan fingerprint density at radius 1 is 1.79 bits per heavy atom. The van der Waals surface area contributed by atoms with Gasteiger partial charge in [0, 0.05) is 19.0 Å². The molecule has 5 heteroatoms. The van der Waals surface area contributed by atoms with Gasteiger partial charge in [-0.2, -0.15) is 0 Å². The lowest BCUT2D eigenvalue weighted by Gasteiger charge is -2.23. The van der Waals surface area contributed by atoms with Crippen LogP contribution in [0.1, 0.15) is 19.8 Å². The van der Waals surface area contributed by atoms with E-state index in [1.54, 1.807) is 11.8 Å². The highest BCUT2D eigenvalue weighted by atomic mass is 16.4. The number of hydrogen-bond donors (Lipinski definition) is 2. The zero-order valence-electron chi connectivity index (χ0n) is 8.27. The summed E-state index contributed by atoms with van der Waals surface area (Å²) in [6, 6.07) is -0.225. The summed E-state index contributed by atoms with van der Waals surface area (Å²) in [6.07, 6.45) is 0.462. The number of nitrogens with two attached hydrogens (primary N) is 1. The Hall–Kier alpha value is -1.10. The Kier molecular flexibility index (Phi) is 3.46. The van der Waals surface area contributed by atoms with E-state index in [-0.39, 0.29) is 24.3 Å². The summed E-state index contributed by atoms with van der Waals surface area (Å²) in [5.41, 5.74) is 5.46. The molecule has 1 aliphatic rings. The van der Waals surface area contributed by atoms with Crippen LogP contribution in [-0.4, -0.2) is 41.0 Å². The lowest BCUT2D eigenvalue weighted by Crippen LogP contribution is -2.36. The van der Waals surface area contributed by atoms with Gasteiger partial charge >= 0.3 is 5.97 Å². The monoisotopic (exact) mass is 200 g/mol. The van der Waals surface area contributed by atoms with Gasteiger partial charge in [-0.25, -0.2) is 0 Å². The molecule has 2 unspecified atom stereocenters. The maximum Gasteiger partial charge on any atom is 0.305 e.